The number of hydrogen-bond donors (Lipinski definition) is 1. The molecule has 1 N–H and O–H groups in total. The number of nitrogens with zero attached hydrogens (tertiary/aromatic N) is 1. The first-order valence-corrected chi connectivity index (χ1v) is 13.0. The van der Waals surface area contributed by atoms with E-state index >= 15 is 0 Å². The molecule has 0 saturated heterocycles. The van der Waals surface area contributed by atoms with Gasteiger partial charge < -0.3 is 10.1 Å². The number of carbonyl (C=O) groups is 1. The number of amides is 1. The third-order valence-electron chi connectivity index (χ3n) is 5.96. The van der Waals surface area contributed by atoms with E-state index in [0.717, 1.165) is 34.0 Å². The first kappa shape index (κ1) is 23.8. The second kappa shape index (κ2) is 10.3. The van der Waals surface area contributed by atoms with Gasteiger partial charge in [0.2, 0.25) is 5.91 Å². The number of carbonyl (C=O) groups excluding carboxylic acids is 1. The van der Waals surface area contributed by atoms with Crippen LogP contribution in [0.3, 0.4) is 0 Å². The Kier molecular flexibility index (Phi) is 7.22. The Hall–Kier alpha value is -3.32. The van der Waals surface area contributed by atoms with Gasteiger partial charge in [-0.15, -0.1) is 0 Å². The summed E-state index contributed by atoms with van der Waals surface area (Å²) in [5, 5.41) is 2.81. The quantitative estimate of drug-likeness (QED) is 0.467. The highest BCUT2D eigenvalue weighted by Crippen LogP contribution is 2.26. The Morgan fingerprint density at radius 2 is 1.44 bits per heavy atom. The fourth-order valence-corrected chi connectivity index (χ4v) is 5.43. The van der Waals surface area contributed by atoms with Gasteiger partial charge in [-0.2, -0.15) is 0 Å². The van der Waals surface area contributed by atoms with Crippen LogP contribution in [0.5, 0.6) is 5.75 Å². The van der Waals surface area contributed by atoms with Crippen molar-refractivity contribution >= 4 is 27.3 Å². The molecular weight excluding hydrogens is 448 g/mol. The monoisotopic (exact) mass is 478 g/mol. The van der Waals surface area contributed by atoms with Crippen molar-refractivity contribution in [3.63, 3.8) is 0 Å². The molecule has 0 aliphatic heterocycles. The molecule has 0 spiro atoms. The van der Waals surface area contributed by atoms with Crippen LogP contribution in [0.2, 0.25) is 0 Å². The minimum Gasteiger partial charge on any atom is -0.490 e. The molecule has 1 aliphatic rings. The second-order valence-corrected chi connectivity index (χ2v) is 10.6. The van der Waals surface area contributed by atoms with E-state index in [9.17, 15) is 13.2 Å². The number of ether oxygens (including phenoxy) is 1. The highest BCUT2D eigenvalue weighted by atomic mass is 32.2. The van der Waals surface area contributed by atoms with Gasteiger partial charge in [0.15, 0.2) is 0 Å². The number of rotatable bonds is 8. The molecule has 3 aromatic rings. The summed E-state index contributed by atoms with van der Waals surface area (Å²) in [6.07, 6.45) is 4.80. The standard InChI is InChI=1S/C27H30N2O4S/c1-20-7-13-23(14-8-20)29(34(31,32)26-17-9-21(2)10-18-26)19-27(30)28-22-11-15-25(16-12-22)33-24-5-3-4-6-24/h7-18,24H,3-6,19H2,1-2H3,(H,28,30). The zero-order valence-electron chi connectivity index (χ0n) is 19.5. The van der Waals surface area contributed by atoms with Crippen molar-refractivity contribution in [2.45, 2.75) is 50.5 Å². The number of nitrogens with one attached hydrogen (secondary N) is 1. The van der Waals surface area contributed by atoms with E-state index in [1.165, 1.54) is 12.8 Å². The van der Waals surface area contributed by atoms with Crippen molar-refractivity contribution in [2.75, 3.05) is 16.2 Å². The van der Waals surface area contributed by atoms with E-state index < -0.39 is 15.9 Å². The molecule has 1 amide bonds. The molecule has 0 radical (unpaired) electrons. The molecular formula is C27H30N2O4S. The molecule has 34 heavy (non-hydrogen) atoms. The molecule has 0 unspecified atom stereocenters. The van der Waals surface area contributed by atoms with Crippen molar-refractivity contribution in [2.24, 2.45) is 0 Å². The minimum atomic E-state index is -3.94. The maximum Gasteiger partial charge on any atom is 0.264 e. The molecule has 7 heteroatoms. The smallest absolute Gasteiger partial charge is 0.264 e. The van der Waals surface area contributed by atoms with Gasteiger partial charge in [0, 0.05) is 5.69 Å². The van der Waals surface area contributed by atoms with Gasteiger partial charge in [-0.25, -0.2) is 8.42 Å². The maximum atomic E-state index is 13.5. The third-order valence-corrected chi connectivity index (χ3v) is 7.75. The van der Waals surface area contributed by atoms with Crippen molar-refractivity contribution in [3.05, 3.63) is 83.9 Å². The van der Waals surface area contributed by atoms with Crippen molar-refractivity contribution in [3.8, 4) is 5.75 Å². The Balaban J connectivity index is 1.51. The average Bonchev–Trinajstić information content (AvgIpc) is 3.33. The van der Waals surface area contributed by atoms with Crippen molar-refractivity contribution in [1.29, 1.82) is 0 Å². The number of hydrogen-bond acceptors (Lipinski definition) is 4. The molecule has 0 bridgehead atoms. The zero-order chi connectivity index (χ0) is 24.1. The minimum absolute atomic E-state index is 0.139. The van der Waals surface area contributed by atoms with Crippen LogP contribution in [-0.4, -0.2) is 27.0 Å². The van der Waals surface area contributed by atoms with Gasteiger partial charge in [-0.05, 0) is 88.1 Å². The zero-order valence-corrected chi connectivity index (χ0v) is 20.3. The van der Waals surface area contributed by atoms with Crippen LogP contribution in [0, 0.1) is 13.8 Å². The third kappa shape index (κ3) is 5.78. The van der Waals surface area contributed by atoms with Crippen molar-refractivity contribution in [1.82, 2.24) is 0 Å². The van der Waals surface area contributed by atoms with Gasteiger partial charge in [-0.3, -0.25) is 9.10 Å². The van der Waals surface area contributed by atoms with Gasteiger partial charge >= 0.3 is 0 Å². The van der Waals surface area contributed by atoms with Gasteiger partial charge in [0.25, 0.3) is 10.0 Å². The van der Waals surface area contributed by atoms with Gasteiger partial charge in [-0.1, -0.05) is 35.4 Å². The van der Waals surface area contributed by atoms with Crippen LogP contribution in [0.4, 0.5) is 11.4 Å². The predicted molar refractivity (Wildman–Crippen MR) is 135 cm³/mol. The second-order valence-electron chi connectivity index (χ2n) is 8.76. The fraction of sp³-hybridized carbons (Fsp3) is 0.296. The summed E-state index contributed by atoms with van der Waals surface area (Å²) in [5.41, 5.74) is 2.97. The molecule has 1 saturated carbocycles. The number of benzene rings is 3. The van der Waals surface area contributed by atoms with E-state index in [1.807, 2.05) is 38.1 Å². The Morgan fingerprint density at radius 1 is 0.882 bits per heavy atom. The largest absolute Gasteiger partial charge is 0.490 e. The topological polar surface area (TPSA) is 75.7 Å². The molecule has 3 aromatic carbocycles. The van der Waals surface area contributed by atoms with Crippen LogP contribution in [0.15, 0.2) is 77.7 Å². The SMILES string of the molecule is Cc1ccc(N(CC(=O)Nc2ccc(OC3CCCC3)cc2)S(=O)(=O)c2ccc(C)cc2)cc1. The summed E-state index contributed by atoms with van der Waals surface area (Å²) in [6, 6.07) is 20.9. The number of sulfonamides is 1. The fourth-order valence-electron chi connectivity index (χ4n) is 4.01. The summed E-state index contributed by atoms with van der Waals surface area (Å²) < 4.78 is 34.0. The summed E-state index contributed by atoms with van der Waals surface area (Å²) >= 11 is 0. The van der Waals surface area contributed by atoms with E-state index in [0.29, 0.717) is 11.4 Å². The van der Waals surface area contributed by atoms with E-state index in [4.69, 9.17) is 4.74 Å². The summed E-state index contributed by atoms with van der Waals surface area (Å²) in [7, 11) is -3.94. The van der Waals surface area contributed by atoms with Gasteiger partial charge in [0.1, 0.15) is 12.3 Å². The average molecular weight is 479 g/mol. The first-order chi connectivity index (χ1) is 16.3. The molecule has 6 nitrogen and oxygen atoms in total. The molecule has 0 atom stereocenters. The lowest BCUT2D eigenvalue weighted by Crippen LogP contribution is -2.38. The summed E-state index contributed by atoms with van der Waals surface area (Å²) in [6.45, 7) is 3.47. The lowest BCUT2D eigenvalue weighted by atomic mass is 10.2. The lowest BCUT2D eigenvalue weighted by molar-refractivity contribution is -0.114. The van der Waals surface area contributed by atoms with E-state index in [1.54, 1.807) is 48.5 Å². The number of anilines is 2. The normalized spacial score (nSPS) is 14.1. The van der Waals surface area contributed by atoms with Crippen LogP contribution in [0.25, 0.3) is 0 Å². The van der Waals surface area contributed by atoms with E-state index in [-0.39, 0.29) is 17.5 Å². The maximum absolute atomic E-state index is 13.5. The van der Waals surface area contributed by atoms with Crippen LogP contribution >= 0.6 is 0 Å². The Morgan fingerprint density at radius 3 is 2.03 bits per heavy atom. The number of aryl methyl sites for hydroxylation is 2. The summed E-state index contributed by atoms with van der Waals surface area (Å²) in [4.78, 5) is 13.0. The van der Waals surface area contributed by atoms with Crippen LogP contribution < -0.4 is 14.4 Å². The van der Waals surface area contributed by atoms with Crippen molar-refractivity contribution < 1.29 is 17.9 Å². The highest BCUT2D eigenvalue weighted by molar-refractivity contribution is 7.92. The predicted octanol–water partition coefficient (Wildman–Crippen LogP) is 5.46. The molecule has 4 rings (SSSR count). The van der Waals surface area contributed by atoms with E-state index in [2.05, 4.69) is 5.32 Å². The molecule has 1 fully saturated rings. The molecule has 0 aromatic heterocycles. The molecule has 178 valence electrons. The summed E-state index contributed by atoms with van der Waals surface area (Å²) in [5.74, 6) is 0.342. The molecule has 0 heterocycles. The van der Waals surface area contributed by atoms with Crippen LogP contribution in [-0.2, 0) is 14.8 Å². The highest BCUT2D eigenvalue weighted by Gasteiger charge is 2.27. The van der Waals surface area contributed by atoms with Crippen LogP contribution in [0.1, 0.15) is 36.8 Å². The van der Waals surface area contributed by atoms with Gasteiger partial charge in [0.05, 0.1) is 16.7 Å². The Bertz CT molecular complexity index is 1220. The Labute approximate surface area is 201 Å². The lowest BCUT2D eigenvalue weighted by Gasteiger charge is -2.24. The first-order valence-electron chi connectivity index (χ1n) is 11.5. The molecule has 1 aliphatic carbocycles.